The maximum atomic E-state index is 12.5. The van der Waals surface area contributed by atoms with Crippen LogP contribution in [0.4, 0.5) is 5.69 Å². The third-order valence-corrected chi connectivity index (χ3v) is 4.72. The summed E-state index contributed by atoms with van der Waals surface area (Å²) in [5.74, 6) is 0.118. The third kappa shape index (κ3) is 4.72. The molecule has 7 nitrogen and oxygen atoms in total. The molecule has 0 saturated carbocycles. The molecule has 2 N–H and O–H groups in total. The number of hydrogen-bond acceptors (Lipinski definition) is 4. The fraction of sp³-hybridized carbons (Fsp3) is 0.125. The van der Waals surface area contributed by atoms with Crippen LogP contribution in [0.1, 0.15) is 17.3 Å². The molecule has 2 amide bonds. The number of amides is 2. The third-order valence-electron chi connectivity index (χ3n) is 4.72. The first kappa shape index (κ1) is 20.2. The molecule has 3 aromatic carbocycles. The number of likely N-dealkylation sites (N-methyl/N-ethyl adjacent to an activating group) is 1. The highest BCUT2D eigenvalue weighted by molar-refractivity contribution is 6.04. The van der Waals surface area contributed by atoms with Crippen LogP contribution < -0.4 is 15.4 Å². The lowest BCUT2D eigenvalue weighted by atomic mass is 10.2. The summed E-state index contributed by atoms with van der Waals surface area (Å²) >= 11 is 0. The Bertz CT molecular complexity index is 1200. The van der Waals surface area contributed by atoms with Crippen molar-refractivity contribution in [2.75, 3.05) is 18.5 Å². The average Bonchev–Trinajstić information content (AvgIpc) is 3.23. The highest BCUT2D eigenvalue weighted by atomic mass is 16.5. The van der Waals surface area contributed by atoms with Gasteiger partial charge in [-0.25, -0.2) is 4.98 Å². The molecule has 0 aliphatic carbocycles. The van der Waals surface area contributed by atoms with Crippen LogP contribution in [0.15, 0.2) is 79.1 Å². The van der Waals surface area contributed by atoms with Gasteiger partial charge in [0, 0.05) is 23.5 Å². The second-order valence-corrected chi connectivity index (χ2v) is 6.87. The molecular weight excluding hydrogens is 392 g/mol. The molecular formula is C24H22N4O3. The molecule has 156 valence electrons. The largest absolute Gasteiger partial charge is 0.484 e. The predicted molar refractivity (Wildman–Crippen MR) is 120 cm³/mol. The first-order chi connectivity index (χ1) is 15.1. The van der Waals surface area contributed by atoms with Crippen LogP contribution in [-0.2, 0) is 4.79 Å². The van der Waals surface area contributed by atoms with E-state index in [-0.39, 0.29) is 18.4 Å². The second kappa shape index (κ2) is 9.13. The lowest BCUT2D eigenvalue weighted by Gasteiger charge is -2.09. The van der Waals surface area contributed by atoms with Gasteiger partial charge in [0.25, 0.3) is 11.8 Å². The first-order valence-electron chi connectivity index (χ1n) is 9.97. The zero-order valence-corrected chi connectivity index (χ0v) is 17.0. The average molecular weight is 414 g/mol. The van der Waals surface area contributed by atoms with Crippen molar-refractivity contribution in [1.29, 1.82) is 0 Å². The van der Waals surface area contributed by atoms with Crippen molar-refractivity contribution < 1.29 is 14.3 Å². The van der Waals surface area contributed by atoms with E-state index in [1.165, 1.54) is 0 Å². The number of para-hydroxylation sites is 2. The summed E-state index contributed by atoms with van der Waals surface area (Å²) in [5, 5.41) is 5.55. The molecule has 4 aromatic rings. The molecule has 0 radical (unpaired) electrons. The SMILES string of the molecule is CCNC(=O)COc1ccc(C(=O)Nc2ccc(-n3cnc4ccccc43)cc2)cc1. The van der Waals surface area contributed by atoms with Gasteiger partial charge in [0.1, 0.15) is 12.1 Å². The van der Waals surface area contributed by atoms with E-state index < -0.39 is 0 Å². The molecule has 31 heavy (non-hydrogen) atoms. The lowest BCUT2D eigenvalue weighted by Crippen LogP contribution is -2.28. The number of nitrogens with one attached hydrogen (secondary N) is 2. The Hall–Kier alpha value is -4.13. The van der Waals surface area contributed by atoms with E-state index in [9.17, 15) is 9.59 Å². The number of carbonyl (C=O) groups excluding carboxylic acids is 2. The monoisotopic (exact) mass is 414 g/mol. The van der Waals surface area contributed by atoms with Gasteiger partial charge in [-0.1, -0.05) is 12.1 Å². The minimum absolute atomic E-state index is 0.0576. The number of imidazole rings is 1. The summed E-state index contributed by atoms with van der Waals surface area (Å²) < 4.78 is 7.40. The Labute approximate surface area is 179 Å². The summed E-state index contributed by atoms with van der Waals surface area (Å²) in [4.78, 5) is 28.4. The van der Waals surface area contributed by atoms with E-state index in [1.54, 1.807) is 30.6 Å². The van der Waals surface area contributed by atoms with Crippen molar-refractivity contribution in [3.63, 3.8) is 0 Å². The predicted octanol–water partition coefficient (Wildman–Crippen LogP) is 3.79. The van der Waals surface area contributed by atoms with Crippen molar-refractivity contribution >= 4 is 28.5 Å². The molecule has 0 aliphatic rings. The maximum Gasteiger partial charge on any atom is 0.257 e. The Kier molecular flexibility index (Phi) is 5.93. The number of benzene rings is 3. The minimum atomic E-state index is -0.226. The molecule has 7 heteroatoms. The Morgan fingerprint density at radius 2 is 1.71 bits per heavy atom. The molecule has 0 bridgehead atoms. The molecule has 0 atom stereocenters. The minimum Gasteiger partial charge on any atom is -0.484 e. The van der Waals surface area contributed by atoms with E-state index in [4.69, 9.17) is 4.74 Å². The number of rotatable bonds is 7. The molecule has 1 heterocycles. The van der Waals surface area contributed by atoms with Gasteiger partial charge in [-0.2, -0.15) is 0 Å². The van der Waals surface area contributed by atoms with Gasteiger partial charge in [-0.05, 0) is 67.6 Å². The van der Waals surface area contributed by atoms with Gasteiger partial charge < -0.3 is 15.4 Å². The number of nitrogens with zero attached hydrogens (tertiary/aromatic N) is 2. The van der Waals surface area contributed by atoms with Crippen molar-refractivity contribution in [3.8, 4) is 11.4 Å². The molecule has 1 aromatic heterocycles. The Morgan fingerprint density at radius 3 is 2.45 bits per heavy atom. The number of aromatic nitrogens is 2. The van der Waals surface area contributed by atoms with E-state index in [2.05, 4.69) is 15.6 Å². The van der Waals surface area contributed by atoms with Crippen molar-refractivity contribution in [3.05, 3.63) is 84.7 Å². The molecule has 0 spiro atoms. The standard InChI is InChI=1S/C24H22N4O3/c1-2-25-23(29)15-31-20-13-7-17(8-14-20)24(30)27-18-9-11-19(12-10-18)28-16-26-21-5-3-4-6-22(21)28/h3-14,16H,2,15H2,1H3,(H,25,29)(H,27,30). The quantitative estimate of drug-likeness (QED) is 0.482. The van der Waals surface area contributed by atoms with Crippen molar-refractivity contribution in [1.82, 2.24) is 14.9 Å². The molecule has 4 rings (SSSR count). The smallest absolute Gasteiger partial charge is 0.257 e. The van der Waals surface area contributed by atoms with Gasteiger partial charge in [0.15, 0.2) is 6.61 Å². The summed E-state index contributed by atoms with van der Waals surface area (Å²) in [7, 11) is 0. The number of fused-ring (bicyclic) bond motifs is 1. The van der Waals surface area contributed by atoms with E-state index in [1.807, 2.05) is 60.0 Å². The van der Waals surface area contributed by atoms with Gasteiger partial charge in [-0.3, -0.25) is 14.2 Å². The zero-order valence-electron chi connectivity index (χ0n) is 17.0. The number of anilines is 1. The van der Waals surface area contributed by atoms with Crippen molar-refractivity contribution in [2.24, 2.45) is 0 Å². The highest BCUT2D eigenvalue weighted by Gasteiger charge is 2.08. The van der Waals surface area contributed by atoms with Crippen LogP contribution in [0.25, 0.3) is 16.7 Å². The van der Waals surface area contributed by atoms with E-state index in [0.29, 0.717) is 23.5 Å². The summed E-state index contributed by atoms with van der Waals surface area (Å²) in [6.45, 7) is 2.34. The second-order valence-electron chi connectivity index (χ2n) is 6.87. The first-order valence-corrected chi connectivity index (χ1v) is 9.97. The fourth-order valence-electron chi connectivity index (χ4n) is 3.17. The van der Waals surface area contributed by atoms with Gasteiger partial charge in [-0.15, -0.1) is 0 Å². The fourth-order valence-corrected chi connectivity index (χ4v) is 3.17. The van der Waals surface area contributed by atoms with Crippen LogP contribution in [-0.4, -0.2) is 34.5 Å². The zero-order chi connectivity index (χ0) is 21.6. The van der Waals surface area contributed by atoms with Crippen LogP contribution in [0.5, 0.6) is 5.75 Å². The summed E-state index contributed by atoms with van der Waals surface area (Å²) in [5.41, 5.74) is 4.09. The summed E-state index contributed by atoms with van der Waals surface area (Å²) in [6, 6.07) is 22.1. The molecule has 0 aliphatic heterocycles. The molecule has 0 fully saturated rings. The highest BCUT2D eigenvalue weighted by Crippen LogP contribution is 2.20. The van der Waals surface area contributed by atoms with Gasteiger partial charge in [0.05, 0.1) is 11.0 Å². The Balaban J connectivity index is 1.39. The van der Waals surface area contributed by atoms with E-state index >= 15 is 0 Å². The number of hydrogen-bond donors (Lipinski definition) is 2. The van der Waals surface area contributed by atoms with Crippen LogP contribution in [0.2, 0.25) is 0 Å². The molecule has 0 unspecified atom stereocenters. The van der Waals surface area contributed by atoms with Crippen molar-refractivity contribution in [2.45, 2.75) is 6.92 Å². The van der Waals surface area contributed by atoms with Gasteiger partial charge >= 0.3 is 0 Å². The van der Waals surface area contributed by atoms with E-state index in [0.717, 1.165) is 16.7 Å². The Morgan fingerprint density at radius 1 is 0.968 bits per heavy atom. The number of ether oxygens (including phenoxy) is 1. The maximum absolute atomic E-state index is 12.5. The summed E-state index contributed by atoms with van der Waals surface area (Å²) in [6.07, 6.45) is 1.79. The normalized spacial score (nSPS) is 10.6. The van der Waals surface area contributed by atoms with Crippen LogP contribution >= 0.6 is 0 Å². The number of carbonyl (C=O) groups is 2. The van der Waals surface area contributed by atoms with Crippen LogP contribution in [0, 0.1) is 0 Å². The molecule has 0 saturated heterocycles. The topological polar surface area (TPSA) is 85.2 Å². The lowest BCUT2D eigenvalue weighted by molar-refractivity contribution is -0.122. The van der Waals surface area contributed by atoms with Crippen LogP contribution in [0.3, 0.4) is 0 Å². The van der Waals surface area contributed by atoms with Gasteiger partial charge in [0.2, 0.25) is 0 Å².